The Morgan fingerprint density at radius 3 is 2.22 bits per heavy atom. The van der Waals surface area contributed by atoms with Crippen molar-refractivity contribution in [3.63, 3.8) is 0 Å². The molecule has 2 aromatic carbocycles. The zero-order valence-electron chi connectivity index (χ0n) is 27.6. The molecule has 16 nitrogen and oxygen atoms in total. The van der Waals surface area contributed by atoms with Gasteiger partial charge >= 0.3 is 0 Å². The number of rotatable bonds is 21. The maximum atomic E-state index is 12.3. The first kappa shape index (κ1) is 40.1. The fourth-order valence-electron chi connectivity index (χ4n) is 4.73. The van der Waals surface area contributed by atoms with E-state index >= 15 is 0 Å². The van der Waals surface area contributed by atoms with Crippen molar-refractivity contribution in [2.24, 2.45) is 10.7 Å². The van der Waals surface area contributed by atoms with Crippen molar-refractivity contribution in [3.8, 4) is 11.5 Å². The Balaban J connectivity index is 1.41. The number of aryl methyl sites for hydroxylation is 1. The summed E-state index contributed by atoms with van der Waals surface area (Å²) >= 11 is 5.81. The number of aliphatic imine (C=N–C) groups is 1. The van der Waals surface area contributed by atoms with Gasteiger partial charge in [-0.25, -0.2) is 9.97 Å². The molecule has 0 unspecified atom stereocenters. The van der Waals surface area contributed by atoms with Crippen molar-refractivity contribution in [1.29, 1.82) is 0 Å². The molecule has 3 rings (SSSR count). The lowest BCUT2D eigenvalue weighted by Crippen LogP contribution is -2.50. The number of aromatic nitrogens is 2. The molecule has 17 heteroatoms. The first-order chi connectivity index (χ1) is 24.0. The van der Waals surface area contributed by atoms with Crippen LogP contribution in [0.15, 0.2) is 59.6 Å². The number of halogens is 1. The number of para-hydroxylation sites is 1. The number of guanidine groups is 1. The standard InChI is InChI=1S/C33H47ClN8O8/c34-29-31(36)40-30(35)26(39-29)32(48)41-33(37)38-14-5-4-7-21-10-12-23(13-11-21)50-18-16-42(15-6-17-49-22-8-2-1-3-9-22)19-24(44)27(46)28(47)25(45)20-43/h1-3,8-13,24-25,27-28,43-47H,4-7,14-20H2,(H4,35,36,40)(H3,37,38,41,48)/t24-,25+,27+,28+/m1/s1. The molecule has 12 N–H and O–H groups in total. The molecule has 1 aromatic heterocycles. The number of carbonyl (C=O) groups is 1. The van der Waals surface area contributed by atoms with Gasteiger partial charge in [-0.15, -0.1) is 0 Å². The number of nitrogens with two attached hydrogens (primary N) is 3. The molecule has 0 saturated heterocycles. The fourth-order valence-corrected chi connectivity index (χ4v) is 4.86. The van der Waals surface area contributed by atoms with Crippen LogP contribution in [0.5, 0.6) is 11.5 Å². The van der Waals surface area contributed by atoms with Crippen LogP contribution in [-0.4, -0.2) is 123 Å². The highest BCUT2D eigenvalue weighted by molar-refractivity contribution is 6.31. The van der Waals surface area contributed by atoms with Crippen LogP contribution in [0.3, 0.4) is 0 Å². The van der Waals surface area contributed by atoms with Crippen LogP contribution in [0, 0.1) is 0 Å². The molecule has 3 aromatic rings. The molecule has 4 atom stereocenters. The largest absolute Gasteiger partial charge is 0.494 e. The summed E-state index contributed by atoms with van der Waals surface area (Å²) in [6.45, 7) is 1.23. The van der Waals surface area contributed by atoms with Gasteiger partial charge in [0.05, 0.1) is 19.3 Å². The summed E-state index contributed by atoms with van der Waals surface area (Å²) in [5, 5.41) is 51.9. The number of carbonyl (C=O) groups excluding carboxylic acids is 1. The second-order valence-corrected chi connectivity index (χ2v) is 11.8. The van der Waals surface area contributed by atoms with Gasteiger partial charge in [0.2, 0.25) is 0 Å². The molecular formula is C33H47ClN8O8. The average Bonchev–Trinajstić information content (AvgIpc) is 3.11. The summed E-state index contributed by atoms with van der Waals surface area (Å²) in [6, 6.07) is 17.0. The van der Waals surface area contributed by atoms with Crippen molar-refractivity contribution >= 4 is 35.1 Å². The highest BCUT2D eigenvalue weighted by atomic mass is 35.5. The van der Waals surface area contributed by atoms with Gasteiger partial charge in [0.15, 0.2) is 28.4 Å². The van der Waals surface area contributed by atoms with Gasteiger partial charge in [-0.3, -0.25) is 20.0 Å². The van der Waals surface area contributed by atoms with E-state index in [1.165, 1.54) is 0 Å². The van der Waals surface area contributed by atoms with E-state index in [2.05, 4.69) is 20.3 Å². The van der Waals surface area contributed by atoms with E-state index in [0.717, 1.165) is 24.2 Å². The predicted octanol–water partition coefficient (Wildman–Crippen LogP) is -0.0524. The molecule has 0 aliphatic rings. The lowest BCUT2D eigenvalue weighted by atomic mass is 10.0. The predicted molar refractivity (Wildman–Crippen MR) is 189 cm³/mol. The molecule has 1 amide bonds. The summed E-state index contributed by atoms with van der Waals surface area (Å²) in [4.78, 5) is 26.0. The molecule has 274 valence electrons. The lowest BCUT2D eigenvalue weighted by Gasteiger charge is -2.30. The van der Waals surface area contributed by atoms with E-state index in [9.17, 15) is 25.2 Å². The van der Waals surface area contributed by atoms with E-state index in [1.54, 1.807) is 0 Å². The number of anilines is 2. The lowest BCUT2D eigenvalue weighted by molar-refractivity contribution is -0.119. The van der Waals surface area contributed by atoms with Gasteiger partial charge < -0.3 is 52.2 Å². The van der Waals surface area contributed by atoms with Gasteiger partial charge in [-0.05, 0) is 55.5 Å². The Labute approximate surface area is 295 Å². The topological polar surface area (TPSA) is 268 Å². The van der Waals surface area contributed by atoms with Gasteiger partial charge in [-0.2, -0.15) is 0 Å². The molecule has 0 fully saturated rings. The second kappa shape index (κ2) is 21.0. The minimum Gasteiger partial charge on any atom is -0.494 e. The van der Waals surface area contributed by atoms with Crippen molar-refractivity contribution in [1.82, 2.24) is 20.2 Å². The number of nitrogens with zero attached hydrogens (tertiary/aromatic N) is 4. The molecule has 0 saturated carbocycles. The molecular weight excluding hydrogens is 672 g/mol. The first-order valence-corrected chi connectivity index (χ1v) is 16.5. The first-order valence-electron chi connectivity index (χ1n) is 16.1. The number of nitrogen functional groups attached to an aromatic ring is 2. The van der Waals surface area contributed by atoms with Gasteiger partial charge in [-0.1, -0.05) is 41.9 Å². The third-order valence-corrected chi connectivity index (χ3v) is 7.80. The normalized spacial score (nSPS) is 14.2. The monoisotopic (exact) mass is 718 g/mol. The number of unbranched alkanes of at least 4 members (excludes halogenated alkanes) is 1. The fraction of sp³-hybridized carbons (Fsp3) is 0.455. The second-order valence-electron chi connectivity index (χ2n) is 11.4. The van der Waals surface area contributed by atoms with Crippen LogP contribution in [0.2, 0.25) is 5.15 Å². The summed E-state index contributed by atoms with van der Waals surface area (Å²) < 4.78 is 11.7. The Hall–Kier alpha value is -4.29. The highest BCUT2D eigenvalue weighted by Crippen LogP contribution is 2.18. The molecule has 50 heavy (non-hydrogen) atoms. The maximum absolute atomic E-state index is 12.3. The van der Waals surface area contributed by atoms with Gasteiger partial charge in [0, 0.05) is 26.2 Å². The Kier molecular flexibility index (Phi) is 16.9. The SMILES string of the molecule is NC(=NCCCCc1ccc(OCCN(CCCOc2ccccc2)C[C@@H](O)[C@H](O)[C@@H](O)[C@@H](O)CO)cc1)NC(=O)c1nc(Cl)c(N)nc1N. The summed E-state index contributed by atoms with van der Waals surface area (Å²) in [5.74, 6) is 0.342. The van der Waals surface area contributed by atoms with Crippen molar-refractivity contribution in [2.75, 3.05) is 57.5 Å². The zero-order chi connectivity index (χ0) is 36.5. The number of amides is 1. The number of nitrogens with one attached hydrogen (secondary N) is 1. The van der Waals surface area contributed by atoms with E-state index < -0.39 is 36.9 Å². The summed E-state index contributed by atoms with van der Waals surface area (Å²) in [7, 11) is 0. The third-order valence-electron chi connectivity index (χ3n) is 7.52. The zero-order valence-corrected chi connectivity index (χ0v) is 28.4. The van der Waals surface area contributed by atoms with Gasteiger partial charge in [0.1, 0.15) is 36.4 Å². The van der Waals surface area contributed by atoms with E-state index in [-0.39, 0.29) is 41.6 Å². The Morgan fingerprint density at radius 1 is 0.860 bits per heavy atom. The van der Waals surface area contributed by atoms with Crippen molar-refractivity contribution in [2.45, 2.75) is 50.1 Å². The minimum atomic E-state index is -1.70. The van der Waals surface area contributed by atoms with Crippen LogP contribution in [-0.2, 0) is 6.42 Å². The molecule has 0 radical (unpaired) electrons. The van der Waals surface area contributed by atoms with Gasteiger partial charge in [0.25, 0.3) is 5.91 Å². The Bertz CT molecular complexity index is 1490. The number of aliphatic hydroxyl groups is 5. The van der Waals surface area contributed by atoms with Crippen LogP contribution < -0.4 is 32.0 Å². The number of hydrogen-bond acceptors (Lipinski definition) is 14. The highest BCUT2D eigenvalue weighted by Gasteiger charge is 2.31. The summed E-state index contributed by atoms with van der Waals surface area (Å²) in [6.07, 6.45) is -3.39. The van der Waals surface area contributed by atoms with Crippen molar-refractivity contribution in [3.05, 3.63) is 71.0 Å². The van der Waals surface area contributed by atoms with E-state index in [4.69, 9.17) is 43.4 Å². The molecule has 1 heterocycles. The Morgan fingerprint density at radius 2 is 1.52 bits per heavy atom. The molecule has 0 aliphatic carbocycles. The van der Waals surface area contributed by atoms with Crippen molar-refractivity contribution < 1.29 is 39.8 Å². The average molecular weight is 719 g/mol. The third kappa shape index (κ3) is 13.5. The van der Waals surface area contributed by atoms with Crippen LogP contribution in [0.1, 0.15) is 35.3 Å². The summed E-state index contributed by atoms with van der Waals surface area (Å²) in [5.41, 5.74) is 17.9. The van der Waals surface area contributed by atoms with Crippen LogP contribution in [0.25, 0.3) is 0 Å². The smallest absolute Gasteiger partial charge is 0.280 e. The van der Waals surface area contributed by atoms with Crippen LogP contribution >= 0.6 is 11.6 Å². The van der Waals surface area contributed by atoms with E-state index in [1.807, 2.05) is 59.5 Å². The van der Waals surface area contributed by atoms with E-state index in [0.29, 0.717) is 44.8 Å². The quantitative estimate of drug-likeness (QED) is 0.0397. The molecule has 0 aliphatic heterocycles. The molecule has 0 bridgehead atoms. The molecule has 0 spiro atoms. The minimum absolute atomic E-state index is 0.00710. The number of aliphatic hydroxyl groups excluding tert-OH is 5. The van der Waals surface area contributed by atoms with Crippen LogP contribution in [0.4, 0.5) is 11.6 Å². The number of hydrogen-bond donors (Lipinski definition) is 9. The maximum Gasteiger partial charge on any atom is 0.280 e. The number of benzene rings is 2. The number of ether oxygens (including phenoxy) is 2.